The third-order valence-corrected chi connectivity index (χ3v) is 4.88. The molecule has 5 nitrogen and oxygen atoms in total. The Kier molecular flexibility index (Phi) is 4.42. The number of para-hydroxylation sites is 1. The fourth-order valence-corrected chi connectivity index (χ4v) is 3.47. The number of aromatic nitrogens is 2. The molecule has 1 fully saturated rings. The molecule has 0 unspecified atom stereocenters. The maximum Gasteiger partial charge on any atom is 0.207 e. The van der Waals surface area contributed by atoms with Crippen LogP contribution in [0.2, 0.25) is 5.02 Å². The molecule has 1 aliphatic rings. The number of anilines is 1. The van der Waals surface area contributed by atoms with E-state index in [1.54, 1.807) is 0 Å². The van der Waals surface area contributed by atoms with Gasteiger partial charge in [0, 0.05) is 42.3 Å². The molecule has 6 heteroatoms. The van der Waals surface area contributed by atoms with E-state index < -0.39 is 0 Å². The summed E-state index contributed by atoms with van der Waals surface area (Å²) in [5.41, 5.74) is 2.02. The Morgan fingerprint density at radius 1 is 1.00 bits per heavy atom. The molecule has 0 bridgehead atoms. The molecule has 0 saturated carbocycles. The van der Waals surface area contributed by atoms with E-state index in [1.807, 2.05) is 47.1 Å². The van der Waals surface area contributed by atoms with Crippen molar-refractivity contribution in [1.29, 1.82) is 0 Å². The van der Waals surface area contributed by atoms with E-state index in [-0.39, 0.29) is 5.43 Å². The summed E-state index contributed by atoms with van der Waals surface area (Å²) in [5.74, 6) is 0. The van der Waals surface area contributed by atoms with Crippen molar-refractivity contribution in [3.8, 4) is 0 Å². The van der Waals surface area contributed by atoms with Gasteiger partial charge in [-0.3, -0.25) is 14.4 Å². The van der Waals surface area contributed by atoms with Gasteiger partial charge in [0.25, 0.3) is 0 Å². The summed E-state index contributed by atoms with van der Waals surface area (Å²) in [7, 11) is 0. The largest absolute Gasteiger partial charge is 0.369 e. The predicted octanol–water partition coefficient (Wildman–Crippen LogP) is 2.83. The SMILES string of the molecule is O=c1cnn(CN2CCN(c3cccc(Cl)c3)CC2)c2ccccc12. The highest BCUT2D eigenvalue weighted by Crippen LogP contribution is 2.21. The Balaban J connectivity index is 1.47. The summed E-state index contributed by atoms with van der Waals surface area (Å²) in [4.78, 5) is 16.6. The maximum atomic E-state index is 11.9. The first-order chi connectivity index (χ1) is 12.2. The Labute approximate surface area is 151 Å². The molecule has 0 amide bonds. The predicted molar refractivity (Wildman–Crippen MR) is 101 cm³/mol. The van der Waals surface area contributed by atoms with Gasteiger partial charge in [0.05, 0.1) is 18.4 Å². The van der Waals surface area contributed by atoms with Gasteiger partial charge in [-0.05, 0) is 30.3 Å². The zero-order valence-corrected chi connectivity index (χ0v) is 14.6. The molecule has 0 atom stereocenters. The molecule has 1 aromatic heterocycles. The van der Waals surface area contributed by atoms with Crippen molar-refractivity contribution in [3.05, 3.63) is 70.0 Å². The van der Waals surface area contributed by atoms with E-state index in [0.29, 0.717) is 6.67 Å². The van der Waals surface area contributed by atoms with Crippen LogP contribution in [-0.4, -0.2) is 40.9 Å². The summed E-state index contributed by atoms with van der Waals surface area (Å²) in [6, 6.07) is 15.6. The van der Waals surface area contributed by atoms with Crippen LogP contribution in [0.25, 0.3) is 10.9 Å². The van der Waals surface area contributed by atoms with Crippen LogP contribution in [0.15, 0.2) is 59.5 Å². The fourth-order valence-electron chi connectivity index (χ4n) is 3.28. The van der Waals surface area contributed by atoms with Crippen LogP contribution in [0.4, 0.5) is 5.69 Å². The Morgan fingerprint density at radius 2 is 1.80 bits per heavy atom. The molecule has 0 aliphatic carbocycles. The van der Waals surface area contributed by atoms with Crippen LogP contribution < -0.4 is 10.3 Å². The topological polar surface area (TPSA) is 41.4 Å². The molecular formula is C19H19ClN4O. The summed E-state index contributed by atoms with van der Waals surface area (Å²) in [6.07, 6.45) is 1.41. The van der Waals surface area contributed by atoms with Crippen molar-refractivity contribution in [2.75, 3.05) is 31.1 Å². The molecule has 2 aromatic carbocycles. The van der Waals surface area contributed by atoms with Gasteiger partial charge in [0.15, 0.2) is 0 Å². The number of rotatable bonds is 3. The molecule has 25 heavy (non-hydrogen) atoms. The highest BCUT2D eigenvalue weighted by Gasteiger charge is 2.18. The lowest BCUT2D eigenvalue weighted by atomic mass is 10.2. The fraction of sp³-hybridized carbons (Fsp3) is 0.263. The van der Waals surface area contributed by atoms with E-state index in [9.17, 15) is 4.79 Å². The van der Waals surface area contributed by atoms with Crippen LogP contribution in [0.3, 0.4) is 0 Å². The zero-order valence-electron chi connectivity index (χ0n) is 13.8. The molecule has 1 saturated heterocycles. The van der Waals surface area contributed by atoms with Gasteiger partial charge in [0.2, 0.25) is 5.43 Å². The van der Waals surface area contributed by atoms with E-state index in [4.69, 9.17) is 11.6 Å². The smallest absolute Gasteiger partial charge is 0.207 e. The lowest BCUT2D eigenvalue weighted by Gasteiger charge is -2.36. The van der Waals surface area contributed by atoms with Crippen molar-refractivity contribution in [1.82, 2.24) is 14.7 Å². The van der Waals surface area contributed by atoms with Crippen molar-refractivity contribution >= 4 is 28.2 Å². The van der Waals surface area contributed by atoms with Gasteiger partial charge in [-0.1, -0.05) is 29.8 Å². The molecule has 4 rings (SSSR count). The van der Waals surface area contributed by atoms with E-state index in [0.717, 1.165) is 42.1 Å². The molecule has 0 N–H and O–H groups in total. The van der Waals surface area contributed by atoms with Crippen LogP contribution in [0, 0.1) is 0 Å². The molecule has 128 valence electrons. The number of fused-ring (bicyclic) bond motifs is 1. The third kappa shape index (κ3) is 3.38. The van der Waals surface area contributed by atoms with Gasteiger partial charge in [-0.15, -0.1) is 0 Å². The molecule has 2 heterocycles. The van der Waals surface area contributed by atoms with Crippen LogP contribution in [-0.2, 0) is 6.67 Å². The summed E-state index contributed by atoms with van der Waals surface area (Å²) in [6.45, 7) is 4.45. The lowest BCUT2D eigenvalue weighted by Crippen LogP contribution is -2.47. The van der Waals surface area contributed by atoms with Gasteiger partial charge in [-0.25, -0.2) is 0 Å². The Bertz CT molecular complexity index is 947. The summed E-state index contributed by atoms with van der Waals surface area (Å²) < 4.78 is 1.91. The molecule has 0 radical (unpaired) electrons. The maximum absolute atomic E-state index is 11.9. The van der Waals surface area contributed by atoms with E-state index >= 15 is 0 Å². The average molecular weight is 355 g/mol. The van der Waals surface area contributed by atoms with Crippen LogP contribution >= 0.6 is 11.6 Å². The standard InChI is InChI=1S/C19H19ClN4O/c20-15-4-3-5-16(12-15)23-10-8-22(9-11-23)14-24-18-7-2-1-6-17(18)19(25)13-21-24/h1-7,12-13H,8-11,14H2. The molecule has 0 spiro atoms. The van der Waals surface area contributed by atoms with Crippen molar-refractivity contribution in [2.24, 2.45) is 0 Å². The number of hydrogen-bond donors (Lipinski definition) is 0. The first-order valence-corrected chi connectivity index (χ1v) is 8.76. The monoisotopic (exact) mass is 354 g/mol. The average Bonchev–Trinajstić information content (AvgIpc) is 2.65. The number of hydrogen-bond acceptors (Lipinski definition) is 4. The van der Waals surface area contributed by atoms with Gasteiger partial charge in [-0.2, -0.15) is 5.10 Å². The normalized spacial score (nSPS) is 15.6. The van der Waals surface area contributed by atoms with Crippen molar-refractivity contribution in [2.45, 2.75) is 6.67 Å². The second kappa shape index (κ2) is 6.86. The van der Waals surface area contributed by atoms with Crippen LogP contribution in [0.5, 0.6) is 0 Å². The van der Waals surface area contributed by atoms with Crippen molar-refractivity contribution in [3.63, 3.8) is 0 Å². The first kappa shape index (κ1) is 16.1. The molecule has 3 aromatic rings. The van der Waals surface area contributed by atoms with Crippen LogP contribution in [0.1, 0.15) is 0 Å². The minimum Gasteiger partial charge on any atom is -0.369 e. The lowest BCUT2D eigenvalue weighted by molar-refractivity contribution is 0.198. The highest BCUT2D eigenvalue weighted by atomic mass is 35.5. The number of halogens is 1. The first-order valence-electron chi connectivity index (χ1n) is 8.38. The van der Waals surface area contributed by atoms with E-state index in [1.165, 1.54) is 11.9 Å². The second-order valence-corrected chi connectivity index (χ2v) is 6.69. The van der Waals surface area contributed by atoms with Gasteiger partial charge < -0.3 is 4.90 Å². The Hall–Kier alpha value is -2.37. The number of nitrogens with zero attached hydrogens (tertiary/aromatic N) is 4. The summed E-state index contributed by atoms with van der Waals surface area (Å²) >= 11 is 6.09. The van der Waals surface area contributed by atoms with Gasteiger partial charge >= 0.3 is 0 Å². The minimum atomic E-state index is -0.0300. The molecule has 1 aliphatic heterocycles. The minimum absolute atomic E-state index is 0.0300. The third-order valence-electron chi connectivity index (χ3n) is 4.64. The quantitative estimate of drug-likeness (QED) is 0.725. The number of piperazine rings is 1. The van der Waals surface area contributed by atoms with Crippen molar-refractivity contribution < 1.29 is 0 Å². The summed E-state index contributed by atoms with van der Waals surface area (Å²) in [5, 5.41) is 5.81. The molecular weight excluding hydrogens is 336 g/mol. The highest BCUT2D eigenvalue weighted by molar-refractivity contribution is 6.30. The Morgan fingerprint density at radius 3 is 2.60 bits per heavy atom. The number of benzene rings is 2. The van der Waals surface area contributed by atoms with Gasteiger partial charge in [0.1, 0.15) is 0 Å². The zero-order chi connectivity index (χ0) is 17.2. The second-order valence-electron chi connectivity index (χ2n) is 6.25. The van der Waals surface area contributed by atoms with E-state index in [2.05, 4.69) is 21.0 Å².